The number of nitrogens with zero attached hydrogens (tertiary/aromatic N) is 4. The fourth-order valence-corrected chi connectivity index (χ4v) is 1.34. The van der Waals surface area contributed by atoms with Crippen LogP contribution < -0.4 is 0 Å². The van der Waals surface area contributed by atoms with Gasteiger partial charge in [-0.1, -0.05) is 0 Å². The Morgan fingerprint density at radius 1 is 1.50 bits per heavy atom. The lowest BCUT2D eigenvalue weighted by Crippen LogP contribution is -2.03. The molecule has 0 amide bonds. The zero-order chi connectivity index (χ0) is 13.1. The maximum Gasteiger partial charge on any atom is 0.381 e. The standard InChI is InChI=1S/C10H8N4O4/c1-18-10(15)7-2-3-11-8(4-7)13-5-9(12-6-13)14(16)17/h2-6H,1H3. The third-order valence-corrected chi connectivity index (χ3v) is 2.19. The Hall–Kier alpha value is -2.77. The van der Waals surface area contributed by atoms with Crippen LogP contribution in [0.4, 0.5) is 5.82 Å². The molecule has 0 spiro atoms. The first-order valence-electron chi connectivity index (χ1n) is 4.85. The van der Waals surface area contributed by atoms with Crippen molar-refractivity contribution in [1.29, 1.82) is 0 Å². The lowest BCUT2D eigenvalue weighted by Gasteiger charge is -2.02. The van der Waals surface area contributed by atoms with E-state index in [4.69, 9.17) is 0 Å². The second kappa shape index (κ2) is 4.62. The minimum absolute atomic E-state index is 0.291. The summed E-state index contributed by atoms with van der Waals surface area (Å²) < 4.78 is 5.92. The van der Waals surface area contributed by atoms with Crippen molar-refractivity contribution in [3.05, 3.63) is 46.5 Å². The van der Waals surface area contributed by atoms with Crippen LogP contribution in [0.25, 0.3) is 5.82 Å². The average molecular weight is 248 g/mol. The van der Waals surface area contributed by atoms with Gasteiger partial charge in [0.05, 0.1) is 12.7 Å². The Labute approximate surface area is 101 Å². The highest BCUT2D eigenvalue weighted by molar-refractivity contribution is 5.89. The molecule has 2 aromatic heterocycles. The molecule has 2 rings (SSSR count). The number of hydrogen-bond acceptors (Lipinski definition) is 6. The number of imidazole rings is 1. The molecule has 2 heterocycles. The van der Waals surface area contributed by atoms with Crippen LogP contribution in [0.5, 0.6) is 0 Å². The van der Waals surface area contributed by atoms with Crippen LogP contribution in [0, 0.1) is 10.1 Å². The number of carbonyl (C=O) groups is 1. The van der Waals surface area contributed by atoms with Gasteiger partial charge in [-0.05, 0) is 22.0 Å². The van der Waals surface area contributed by atoms with Gasteiger partial charge in [-0.2, -0.15) is 0 Å². The SMILES string of the molecule is COC(=O)c1ccnc(-n2cnc([N+](=O)[O-])c2)c1. The molecule has 0 aliphatic heterocycles. The number of methoxy groups -OCH3 is 1. The van der Waals surface area contributed by atoms with Gasteiger partial charge in [-0.15, -0.1) is 0 Å². The summed E-state index contributed by atoms with van der Waals surface area (Å²) in [4.78, 5) is 28.8. The zero-order valence-corrected chi connectivity index (χ0v) is 9.31. The molecule has 92 valence electrons. The molecule has 0 radical (unpaired) electrons. The predicted molar refractivity (Wildman–Crippen MR) is 59.4 cm³/mol. The topological polar surface area (TPSA) is 100 Å². The molecule has 0 aromatic carbocycles. The van der Waals surface area contributed by atoms with Gasteiger partial charge in [-0.25, -0.2) is 9.78 Å². The van der Waals surface area contributed by atoms with Crippen LogP contribution in [0.15, 0.2) is 30.9 Å². The summed E-state index contributed by atoms with van der Waals surface area (Å²) in [5, 5.41) is 10.5. The molecule has 0 bridgehead atoms. The number of aromatic nitrogens is 3. The number of esters is 1. The molecule has 0 atom stereocenters. The Morgan fingerprint density at radius 3 is 2.89 bits per heavy atom. The van der Waals surface area contributed by atoms with Crippen LogP contribution in [-0.2, 0) is 4.74 Å². The molecule has 0 aliphatic carbocycles. The minimum Gasteiger partial charge on any atom is -0.465 e. The van der Waals surface area contributed by atoms with Gasteiger partial charge < -0.3 is 14.9 Å². The molecular weight excluding hydrogens is 240 g/mol. The molecule has 0 saturated heterocycles. The first-order chi connectivity index (χ1) is 8.61. The predicted octanol–water partition coefficient (Wildman–Crippen LogP) is 0.962. The molecule has 8 heteroatoms. The van der Waals surface area contributed by atoms with Crippen LogP contribution in [0.3, 0.4) is 0 Å². The Morgan fingerprint density at radius 2 is 2.28 bits per heavy atom. The Bertz CT molecular complexity index is 607. The number of hydrogen-bond donors (Lipinski definition) is 0. The van der Waals surface area contributed by atoms with Crippen molar-refractivity contribution in [2.24, 2.45) is 0 Å². The monoisotopic (exact) mass is 248 g/mol. The van der Waals surface area contributed by atoms with Crippen molar-refractivity contribution in [3.63, 3.8) is 0 Å². The van der Waals surface area contributed by atoms with Crippen molar-refractivity contribution < 1.29 is 14.5 Å². The highest BCUT2D eigenvalue weighted by Crippen LogP contribution is 2.12. The molecule has 2 aromatic rings. The van der Waals surface area contributed by atoms with Gasteiger partial charge in [0.15, 0.2) is 0 Å². The maximum absolute atomic E-state index is 11.3. The number of ether oxygens (including phenoxy) is 1. The van der Waals surface area contributed by atoms with E-state index in [1.54, 1.807) is 0 Å². The van der Waals surface area contributed by atoms with E-state index in [0.29, 0.717) is 11.4 Å². The van der Waals surface area contributed by atoms with Crippen LogP contribution in [0.2, 0.25) is 0 Å². The van der Waals surface area contributed by atoms with Crippen LogP contribution in [-0.4, -0.2) is 32.5 Å². The second-order valence-corrected chi connectivity index (χ2v) is 3.29. The molecule has 8 nitrogen and oxygen atoms in total. The molecule has 0 fully saturated rings. The highest BCUT2D eigenvalue weighted by atomic mass is 16.6. The number of nitro groups is 1. The second-order valence-electron chi connectivity index (χ2n) is 3.29. The number of rotatable bonds is 3. The highest BCUT2D eigenvalue weighted by Gasteiger charge is 2.13. The van der Waals surface area contributed by atoms with Gasteiger partial charge in [0.2, 0.25) is 6.33 Å². The van der Waals surface area contributed by atoms with E-state index in [1.807, 2.05) is 0 Å². The minimum atomic E-state index is -0.610. The van der Waals surface area contributed by atoms with E-state index >= 15 is 0 Å². The largest absolute Gasteiger partial charge is 0.465 e. The number of carbonyl (C=O) groups excluding carboxylic acids is 1. The van der Waals surface area contributed by atoms with Crippen molar-refractivity contribution in [2.45, 2.75) is 0 Å². The Kier molecular flexibility index (Phi) is 3.00. The summed E-state index contributed by atoms with van der Waals surface area (Å²) in [7, 11) is 1.27. The molecular formula is C10H8N4O4. The third kappa shape index (κ3) is 2.17. The van der Waals surface area contributed by atoms with E-state index in [2.05, 4.69) is 14.7 Å². The van der Waals surface area contributed by atoms with Gasteiger partial charge >= 0.3 is 11.8 Å². The van der Waals surface area contributed by atoms with E-state index in [-0.39, 0.29) is 5.82 Å². The van der Waals surface area contributed by atoms with Gasteiger partial charge in [0, 0.05) is 6.20 Å². The van der Waals surface area contributed by atoms with Crippen molar-refractivity contribution in [2.75, 3.05) is 7.11 Å². The van der Waals surface area contributed by atoms with Gasteiger partial charge in [0.25, 0.3) is 0 Å². The molecule has 0 aliphatic rings. The van der Waals surface area contributed by atoms with E-state index in [1.165, 1.54) is 42.5 Å². The van der Waals surface area contributed by atoms with Gasteiger partial charge in [-0.3, -0.25) is 4.57 Å². The summed E-state index contributed by atoms with van der Waals surface area (Å²) in [6.07, 6.45) is 3.87. The Balaban J connectivity index is 2.38. The first-order valence-corrected chi connectivity index (χ1v) is 4.85. The lowest BCUT2D eigenvalue weighted by atomic mass is 10.2. The number of pyridine rings is 1. The first kappa shape index (κ1) is 11.7. The fourth-order valence-electron chi connectivity index (χ4n) is 1.34. The molecule has 18 heavy (non-hydrogen) atoms. The zero-order valence-electron chi connectivity index (χ0n) is 9.31. The fraction of sp³-hybridized carbons (Fsp3) is 0.100. The average Bonchev–Trinajstić information content (AvgIpc) is 2.88. The van der Waals surface area contributed by atoms with Crippen molar-refractivity contribution >= 4 is 11.8 Å². The molecule has 0 N–H and O–H groups in total. The summed E-state index contributed by atoms with van der Waals surface area (Å²) in [6, 6.07) is 2.94. The normalized spacial score (nSPS) is 10.1. The van der Waals surface area contributed by atoms with Crippen molar-refractivity contribution in [3.8, 4) is 5.82 Å². The van der Waals surface area contributed by atoms with E-state index in [9.17, 15) is 14.9 Å². The summed E-state index contributed by atoms with van der Waals surface area (Å²) in [5.74, 6) is -0.452. The molecule has 0 saturated carbocycles. The quantitative estimate of drug-likeness (QED) is 0.455. The summed E-state index contributed by atoms with van der Waals surface area (Å²) >= 11 is 0. The lowest BCUT2D eigenvalue weighted by molar-refractivity contribution is -0.389. The maximum atomic E-state index is 11.3. The van der Waals surface area contributed by atoms with Crippen molar-refractivity contribution in [1.82, 2.24) is 14.5 Å². The van der Waals surface area contributed by atoms with E-state index in [0.717, 1.165) is 0 Å². The summed E-state index contributed by atoms with van der Waals surface area (Å²) in [5.41, 5.74) is 0.304. The van der Waals surface area contributed by atoms with Crippen LogP contribution >= 0.6 is 0 Å². The molecule has 0 unspecified atom stereocenters. The summed E-state index contributed by atoms with van der Waals surface area (Å²) in [6.45, 7) is 0. The third-order valence-electron chi connectivity index (χ3n) is 2.19. The van der Waals surface area contributed by atoms with E-state index < -0.39 is 10.9 Å². The van der Waals surface area contributed by atoms with Crippen LogP contribution in [0.1, 0.15) is 10.4 Å². The smallest absolute Gasteiger partial charge is 0.381 e. The van der Waals surface area contributed by atoms with Gasteiger partial charge in [0.1, 0.15) is 12.0 Å².